The van der Waals surface area contributed by atoms with Crippen LogP contribution < -0.4 is 5.32 Å². The lowest BCUT2D eigenvalue weighted by molar-refractivity contribution is 0.294. The predicted octanol–water partition coefficient (Wildman–Crippen LogP) is 0.832. The van der Waals surface area contributed by atoms with Crippen molar-refractivity contribution in [2.75, 3.05) is 38.6 Å². The summed E-state index contributed by atoms with van der Waals surface area (Å²) in [6.45, 7) is 2.66. The normalized spacial score (nSPS) is 13.7. The Labute approximate surface area is 119 Å². The van der Waals surface area contributed by atoms with Gasteiger partial charge in [-0.15, -0.1) is 4.52 Å². The fraction of sp³-hybridized carbons (Fsp3) is 1.00. The summed E-state index contributed by atoms with van der Waals surface area (Å²) < 4.78 is 38.0. The van der Waals surface area contributed by atoms with Gasteiger partial charge in [0.05, 0.1) is 6.29 Å². The van der Waals surface area contributed by atoms with Crippen LogP contribution in [-0.4, -0.2) is 58.1 Å². The van der Waals surface area contributed by atoms with Gasteiger partial charge in [0.1, 0.15) is 6.61 Å². The van der Waals surface area contributed by atoms with Crippen LogP contribution in [-0.2, 0) is 18.2 Å². The van der Waals surface area contributed by atoms with Crippen molar-refractivity contribution in [2.24, 2.45) is 0 Å². The Morgan fingerprint density at radius 1 is 1.30 bits per heavy atom. The number of rotatable bonds is 12. The molecule has 0 aromatic rings. The number of nitrogens with one attached hydrogen (secondary N) is 1. The first-order valence-electron chi connectivity index (χ1n) is 5.93. The van der Waals surface area contributed by atoms with Gasteiger partial charge in [-0.1, -0.05) is 6.92 Å². The van der Waals surface area contributed by atoms with E-state index in [4.69, 9.17) is 19.2 Å². The van der Waals surface area contributed by atoms with Crippen LogP contribution in [0.5, 0.6) is 0 Å². The molecule has 0 radical (unpaired) electrons. The number of hydrogen-bond donors (Lipinski definition) is 4. The highest BCUT2D eigenvalue weighted by Gasteiger charge is 2.28. The molecule has 0 saturated heterocycles. The predicted molar refractivity (Wildman–Crippen MR) is 75.0 cm³/mol. The average Bonchev–Trinajstić information content (AvgIpc) is 2.30. The maximum atomic E-state index is 11.5. The summed E-state index contributed by atoms with van der Waals surface area (Å²) in [6.07, 6.45) is 0.0990. The molecule has 0 aliphatic heterocycles. The average molecular weight is 350 g/mol. The molecule has 0 aliphatic carbocycles. The van der Waals surface area contributed by atoms with Gasteiger partial charge in [0.15, 0.2) is 0 Å². The van der Waals surface area contributed by atoms with E-state index in [1.54, 1.807) is 0 Å². The highest BCUT2D eigenvalue weighted by molar-refractivity contribution is 7.51. The zero-order valence-corrected chi connectivity index (χ0v) is 13.9. The summed E-state index contributed by atoms with van der Waals surface area (Å²) in [6, 6.07) is 0. The van der Waals surface area contributed by atoms with Crippen LogP contribution in [0.4, 0.5) is 0 Å². The fourth-order valence-corrected chi connectivity index (χ4v) is 3.44. The van der Waals surface area contributed by atoms with Crippen molar-refractivity contribution in [2.45, 2.75) is 13.3 Å². The minimum Gasteiger partial charge on any atom is -0.324 e. The molecule has 4 N–H and O–H groups in total. The van der Waals surface area contributed by atoms with Gasteiger partial charge in [-0.2, -0.15) is 4.89 Å². The zero-order chi connectivity index (χ0) is 15.6. The Kier molecular flexibility index (Phi) is 11.0. The molecule has 0 aliphatic rings. The van der Waals surface area contributed by atoms with E-state index >= 15 is 0 Å². The molecule has 0 fully saturated rings. The molecule has 9 nitrogen and oxygen atoms in total. The molecule has 0 bridgehead atoms. The van der Waals surface area contributed by atoms with E-state index in [0.717, 1.165) is 6.42 Å². The molecule has 12 heteroatoms. The largest absolute Gasteiger partial charge is 0.524 e. The Hall–Kier alpha value is 0.190. The number of nitrogens with zero attached hydrogens (tertiary/aromatic N) is 1. The summed E-state index contributed by atoms with van der Waals surface area (Å²) in [4.78, 5) is 27.6. The molecule has 0 amide bonds. The molecule has 0 saturated carbocycles. The SMILES string of the molecule is CCCO[P+](=O)CN(CCNCP(=O)(O)O)C[P+](=O)O. The first-order valence-corrected chi connectivity index (χ1v) is 10.5. The summed E-state index contributed by atoms with van der Waals surface area (Å²) in [7, 11) is -8.48. The van der Waals surface area contributed by atoms with Gasteiger partial charge >= 0.3 is 23.7 Å². The van der Waals surface area contributed by atoms with Crippen molar-refractivity contribution in [1.29, 1.82) is 0 Å². The summed E-state index contributed by atoms with van der Waals surface area (Å²) in [5, 5.41) is 2.53. The Balaban J connectivity index is 4.11. The quantitative estimate of drug-likeness (QED) is 0.298. The maximum Gasteiger partial charge on any atom is 0.524 e. The zero-order valence-electron chi connectivity index (χ0n) is 11.2. The fourth-order valence-electron chi connectivity index (χ4n) is 1.22. The topological polar surface area (TPSA) is 136 Å². The second-order valence-electron chi connectivity index (χ2n) is 4.02. The second-order valence-corrected chi connectivity index (χ2v) is 7.86. The van der Waals surface area contributed by atoms with Crippen LogP contribution in [0.3, 0.4) is 0 Å². The minimum absolute atomic E-state index is 0.00849. The lowest BCUT2D eigenvalue weighted by Crippen LogP contribution is -2.32. The van der Waals surface area contributed by atoms with E-state index in [-0.39, 0.29) is 25.7 Å². The number of hydrogen-bond acceptors (Lipinski definition) is 6. The lowest BCUT2D eigenvalue weighted by atomic mass is 10.5. The van der Waals surface area contributed by atoms with Crippen molar-refractivity contribution in [3.8, 4) is 0 Å². The molecule has 118 valence electrons. The van der Waals surface area contributed by atoms with E-state index in [9.17, 15) is 13.7 Å². The van der Waals surface area contributed by atoms with Crippen LogP contribution in [0.25, 0.3) is 0 Å². The van der Waals surface area contributed by atoms with E-state index < -0.39 is 29.9 Å². The van der Waals surface area contributed by atoms with Crippen molar-refractivity contribution < 1.29 is 32.9 Å². The molecule has 0 heterocycles. The minimum atomic E-state index is -4.11. The van der Waals surface area contributed by atoms with Gasteiger partial charge < -0.3 is 15.1 Å². The van der Waals surface area contributed by atoms with Crippen molar-refractivity contribution >= 4 is 23.7 Å². The van der Waals surface area contributed by atoms with E-state index in [0.29, 0.717) is 6.61 Å². The second kappa shape index (κ2) is 10.9. The molecular weight excluding hydrogens is 329 g/mol. The maximum absolute atomic E-state index is 11.5. The summed E-state index contributed by atoms with van der Waals surface area (Å²) in [5.74, 6) is 0. The van der Waals surface area contributed by atoms with Crippen LogP contribution in [0.1, 0.15) is 13.3 Å². The van der Waals surface area contributed by atoms with Crippen LogP contribution in [0.15, 0.2) is 0 Å². The van der Waals surface area contributed by atoms with Gasteiger partial charge in [0, 0.05) is 13.1 Å². The van der Waals surface area contributed by atoms with Gasteiger partial charge in [0.2, 0.25) is 12.6 Å². The first kappa shape index (κ1) is 20.2. The Morgan fingerprint density at radius 2 is 1.95 bits per heavy atom. The van der Waals surface area contributed by atoms with Gasteiger partial charge in [-0.25, -0.2) is 4.90 Å². The van der Waals surface area contributed by atoms with Crippen molar-refractivity contribution in [1.82, 2.24) is 10.2 Å². The summed E-state index contributed by atoms with van der Waals surface area (Å²) in [5.41, 5.74) is 0. The Morgan fingerprint density at radius 3 is 2.45 bits per heavy atom. The highest BCUT2D eigenvalue weighted by atomic mass is 31.2. The third kappa shape index (κ3) is 13.2. The highest BCUT2D eigenvalue weighted by Crippen LogP contribution is 2.32. The van der Waals surface area contributed by atoms with Gasteiger partial charge in [-0.05, 0) is 15.6 Å². The molecule has 2 unspecified atom stereocenters. The smallest absolute Gasteiger partial charge is 0.324 e. The third-order valence-corrected chi connectivity index (χ3v) is 4.38. The molecule has 0 spiro atoms. The van der Waals surface area contributed by atoms with E-state index in [1.165, 1.54) is 4.90 Å². The van der Waals surface area contributed by atoms with Crippen molar-refractivity contribution in [3.05, 3.63) is 0 Å². The molecule has 0 rings (SSSR count). The van der Waals surface area contributed by atoms with Gasteiger partial charge in [-0.3, -0.25) is 4.57 Å². The molecule has 20 heavy (non-hydrogen) atoms. The first-order chi connectivity index (χ1) is 9.24. The molecule has 2 atom stereocenters. The monoisotopic (exact) mass is 350 g/mol. The van der Waals surface area contributed by atoms with Crippen LogP contribution in [0, 0.1) is 0 Å². The molecule has 0 aromatic carbocycles. The lowest BCUT2D eigenvalue weighted by Gasteiger charge is -2.12. The van der Waals surface area contributed by atoms with E-state index in [1.807, 2.05) is 6.92 Å². The van der Waals surface area contributed by atoms with Crippen LogP contribution >= 0.6 is 23.7 Å². The third-order valence-electron chi connectivity index (χ3n) is 2.00. The Bertz CT molecular complexity index is 362. The van der Waals surface area contributed by atoms with Gasteiger partial charge in [0.25, 0.3) is 0 Å². The van der Waals surface area contributed by atoms with Crippen LogP contribution in [0.2, 0.25) is 0 Å². The molecule has 0 aromatic heterocycles. The molecular formula is C8H21N2O7P3+2. The summed E-state index contributed by atoms with van der Waals surface area (Å²) >= 11 is 0. The van der Waals surface area contributed by atoms with Crippen molar-refractivity contribution in [3.63, 3.8) is 0 Å². The standard InChI is InChI=1S/C8H19N2O7P3/c1-2-5-17-19(13)8-10(7-18(11)12)4-3-9-6-20(14,15)16/h9H,2-8H2,1H3,(H-2,11,12,14,15,16)/p+2. The van der Waals surface area contributed by atoms with E-state index in [2.05, 4.69) is 5.32 Å².